The molecule has 1 heterocycles. The van der Waals surface area contributed by atoms with Gasteiger partial charge in [-0.15, -0.1) is 0 Å². The minimum Gasteiger partial charge on any atom is -0.342 e. The van der Waals surface area contributed by atoms with Crippen LogP contribution in [0.15, 0.2) is 0 Å². The van der Waals surface area contributed by atoms with Crippen LogP contribution in [-0.4, -0.2) is 54.1 Å². The quantitative estimate of drug-likeness (QED) is 0.690. The predicted octanol–water partition coefficient (Wildman–Crippen LogP) is 4.86. The third kappa shape index (κ3) is 4.99. The summed E-state index contributed by atoms with van der Waals surface area (Å²) in [6, 6.07) is 0.753. The summed E-state index contributed by atoms with van der Waals surface area (Å²) in [6.45, 7) is 4.26. The van der Waals surface area contributed by atoms with Gasteiger partial charge in [0.15, 0.2) is 0 Å². The van der Waals surface area contributed by atoms with Crippen LogP contribution in [0.25, 0.3) is 0 Å². The Hall–Kier alpha value is -0.780. The first kappa shape index (κ1) is 20.9. The molecule has 0 radical (unpaired) electrons. The number of halogens is 3. The Morgan fingerprint density at radius 2 is 1.52 bits per heavy atom. The van der Waals surface area contributed by atoms with Gasteiger partial charge >= 0.3 is 6.18 Å². The van der Waals surface area contributed by atoms with Gasteiger partial charge in [-0.25, -0.2) is 0 Å². The van der Waals surface area contributed by atoms with Crippen molar-refractivity contribution in [1.82, 2.24) is 9.80 Å². The van der Waals surface area contributed by atoms with Crippen LogP contribution < -0.4 is 0 Å². The molecule has 0 N–H and O–H groups in total. The Morgan fingerprint density at radius 3 is 2.11 bits per heavy atom. The summed E-state index contributed by atoms with van der Waals surface area (Å²) >= 11 is 0. The normalized spacial score (nSPS) is 34.4. The molecule has 3 aliphatic rings. The monoisotopic (exact) mass is 388 g/mol. The first-order valence-corrected chi connectivity index (χ1v) is 10.8. The molecule has 0 spiro atoms. The minimum atomic E-state index is -4.26. The lowest BCUT2D eigenvalue weighted by Gasteiger charge is -2.43. The average molecular weight is 389 g/mol. The summed E-state index contributed by atoms with van der Waals surface area (Å²) < 4.78 is 40.1. The fraction of sp³-hybridized carbons (Fsp3) is 0.952. The van der Waals surface area contributed by atoms with E-state index in [2.05, 4.69) is 11.8 Å². The number of alkyl halides is 3. The fourth-order valence-electron chi connectivity index (χ4n) is 5.51. The lowest BCUT2D eigenvalue weighted by Crippen LogP contribution is -2.52. The molecule has 1 aliphatic heterocycles. The second-order valence-corrected chi connectivity index (χ2v) is 9.17. The van der Waals surface area contributed by atoms with Gasteiger partial charge < -0.3 is 9.80 Å². The summed E-state index contributed by atoms with van der Waals surface area (Å²) in [5, 5.41) is 0. The molecule has 0 unspecified atom stereocenters. The minimum absolute atomic E-state index is 0.0899. The summed E-state index contributed by atoms with van der Waals surface area (Å²) in [6.07, 6.45) is 4.42. The molecule has 1 saturated heterocycles. The second-order valence-electron chi connectivity index (χ2n) is 9.17. The van der Waals surface area contributed by atoms with Crippen molar-refractivity contribution >= 4 is 5.91 Å². The van der Waals surface area contributed by atoms with E-state index >= 15 is 0 Å². The predicted molar refractivity (Wildman–Crippen MR) is 100 cm³/mol. The molecule has 2 aliphatic carbocycles. The number of rotatable bonds is 3. The summed E-state index contributed by atoms with van der Waals surface area (Å²) in [4.78, 5) is 17.1. The van der Waals surface area contributed by atoms with E-state index in [1.807, 2.05) is 0 Å². The van der Waals surface area contributed by atoms with E-state index in [1.165, 1.54) is 25.7 Å². The van der Waals surface area contributed by atoms with E-state index in [9.17, 15) is 18.0 Å². The van der Waals surface area contributed by atoms with Gasteiger partial charge in [0.05, 0.1) is 5.92 Å². The third-order valence-corrected chi connectivity index (χ3v) is 7.40. The summed E-state index contributed by atoms with van der Waals surface area (Å²) in [5.74, 6) is -1.77. The molecule has 156 valence electrons. The molecule has 6 heteroatoms. The molecular weight excluding hydrogens is 353 g/mol. The zero-order valence-electron chi connectivity index (χ0n) is 16.8. The summed E-state index contributed by atoms with van der Waals surface area (Å²) in [7, 11) is 1.73. The van der Waals surface area contributed by atoms with Crippen LogP contribution in [0.3, 0.4) is 0 Å². The first-order valence-electron chi connectivity index (χ1n) is 10.8. The van der Waals surface area contributed by atoms with Crippen LogP contribution in [-0.2, 0) is 4.79 Å². The van der Waals surface area contributed by atoms with Crippen molar-refractivity contribution in [1.29, 1.82) is 0 Å². The molecule has 0 aromatic carbocycles. The van der Waals surface area contributed by atoms with Crippen LogP contribution >= 0.6 is 0 Å². The van der Waals surface area contributed by atoms with Crippen molar-refractivity contribution < 1.29 is 18.0 Å². The molecule has 0 aromatic rings. The maximum atomic E-state index is 13.4. The summed E-state index contributed by atoms with van der Waals surface area (Å²) in [5.41, 5.74) is 0. The Balaban J connectivity index is 1.53. The highest BCUT2D eigenvalue weighted by Crippen LogP contribution is 2.42. The van der Waals surface area contributed by atoms with Gasteiger partial charge in [0.2, 0.25) is 5.91 Å². The van der Waals surface area contributed by atoms with Gasteiger partial charge in [-0.2, -0.15) is 13.2 Å². The molecule has 2 atom stereocenters. The van der Waals surface area contributed by atoms with E-state index in [4.69, 9.17) is 0 Å². The lowest BCUT2D eigenvalue weighted by molar-refractivity contribution is -0.201. The Bertz CT molecular complexity index is 494. The van der Waals surface area contributed by atoms with Crippen molar-refractivity contribution in [3.8, 4) is 0 Å². The van der Waals surface area contributed by atoms with E-state index in [0.717, 1.165) is 38.3 Å². The molecule has 27 heavy (non-hydrogen) atoms. The van der Waals surface area contributed by atoms with Gasteiger partial charge in [-0.3, -0.25) is 4.79 Å². The first-order chi connectivity index (χ1) is 12.8. The van der Waals surface area contributed by atoms with E-state index in [1.54, 1.807) is 11.9 Å². The highest BCUT2D eigenvalue weighted by Gasteiger charge is 2.49. The molecule has 3 fully saturated rings. The van der Waals surface area contributed by atoms with Crippen LogP contribution in [0.1, 0.15) is 71.1 Å². The number of amides is 1. The number of hydrogen-bond donors (Lipinski definition) is 0. The maximum absolute atomic E-state index is 13.4. The van der Waals surface area contributed by atoms with Crippen molar-refractivity contribution in [2.24, 2.45) is 17.8 Å². The van der Waals surface area contributed by atoms with Crippen molar-refractivity contribution in [2.75, 3.05) is 20.1 Å². The number of likely N-dealkylation sites (tertiary alicyclic amines) is 1. The number of carbonyl (C=O) groups excluding carboxylic acids is 1. The molecule has 0 bridgehead atoms. The number of carbonyl (C=O) groups is 1. The number of hydrogen-bond acceptors (Lipinski definition) is 2. The van der Waals surface area contributed by atoms with Crippen molar-refractivity contribution in [2.45, 2.75) is 89.4 Å². The molecule has 1 amide bonds. The van der Waals surface area contributed by atoms with Gasteiger partial charge in [-0.05, 0) is 57.3 Å². The highest BCUT2D eigenvalue weighted by atomic mass is 19.4. The Labute approximate surface area is 161 Å². The van der Waals surface area contributed by atoms with E-state index in [-0.39, 0.29) is 18.4 Å². The van der Waals surface area contributed by atoms with Crippen LogP contribution in [0.2, 0.25) is 0 Å². The molecule has 3 nitrogen and oxygen atoms in total. The lowest BCUT2D eigenvalue weighted by atomic mass is 9.77. The number of piperidine rings is 1. The van der Waals surface area contributed by atoms with Gasteiger partial charge in [0.25, 0.3) is 0 Å². The van der Waals surface area contributed by atoms with Gasteiger partial charge in [0, 0.05) is 38.1 Å². The highest BCUT2D eigenvalue weighted by molar-refractivity contribution is 5.79. The Morgan fingerprint density at radius 1 is 0.926 bits per heavy atom. The van der Waals surface area contributed by atoms with Crippen LogP contribution in [0.4, 0.5) is 13.2 Å². The molecule has 3 rings (SSSR count). The maximum Gasteiger partial charge on any atom is 0.392 e. The van der Waals surface area contributed by atoms with Crippen LogP contribution in [0.5, 0.6) is 0 Å². The number of nitrogens with zero attached hydrogens (tertiary/aromatic N) is 2. The SMILES string of the molecule is CC1CCC(N2CCC(N(C)C(=O)[C@@H]3CCCC[C@H]3C(F)(F)F)CC2)CC1. The van der Waals surface area contributed by atoms with Gasteiger partial charge in [0.1, 0.15) is 0 Å². The van der Waals surface area contributed by atoms with Crippen molar-refractivity contribution in [3.05, 3.63) is 0 Å². The zero-order valence-corrected chi connectivity index (χ0v) is 16.8. The second kappa shape index (κ2) is 8.71. The van der Waals surface area contributed by atoms with E-state index in [0.29, 0.717) is 18.9 Å². The van der Waals surface area contributed by atoms with Crippen molar-refractivity contribution in [3.63, 3.8) is 0 Å². The molecule has 2 saturated carbocycles. The molecule has 0 aromatic heterocycles. The van der Waals surface area contributed by atoms with Gasteiger partial charge in [-0.1, -0.05) is 19.8 Å². The Kier molecular flexibility index (Phi) is 6.75. The topological polar surface area (TPSA) is 23.6 Å². The average Bonchev–Trinajstić information content (AvgIpc) is 2.67. The van der Waals surface area contributed by atoms with Crippen LogP contribution in [0, 0.1) is 17.8 Å². The third-order valence-electron chi connectivity index (χ3n) is 7.40. The fourth-order valence-corrected chi connectivity index (χ4v) is 5.51. The smallest absolute Gasteiger partial charge is 0.342 e. The largest absolute Gasteiger partial charge is 0.392 e. The van der Waals surface area contributed by atoms with E-state index < -0.39 is 18.0 Å². The zero-order chi connectivity index (χ0) is 19.6. The standard InChI is InChI=1S/C21H35F3N2O/c1-15-7-9-17(10-8-15)26-13-11-16(12-14-26)25(2)20(27)18-5-3-4-6-19(18)21(22,23)24/h15-19H,3-14H2,1-2H3/t15?,17?,18-,19-/m1/s1. The molecular formula is C21H35F3N2O.